The summed E-state index contributed by atoms with van der Waals surface area (Å²) in [6.45, 7) is 3.31. The molecule has 0 saturated heterocycles. The monoisotopic (exact) mass is 244 g/mol. The van der Waals surface area contributed by atoms with Gasteiger partial charge in [-0.1, -0.05) is 0 Å². The van der Waals surface area contributed by atoms with Crippen LogP contribution in [0.15, 0.2) is 12.1 Å². The van der Waals surface area contributed by atoms with E-state index >= 15 is 0 Å². The molecule has 0 aliphatic carbocycles. The van der Waals surface area contributed by atoms with Gasteiger partial charge in [-0.3, -0.25) is 0 Å². The van der Waals surface area contributed by atoms with Crippen LogP contribution in [0.5, 0.6) is 0 Å². The van der Waals surface area contributed by atoms with Crippen molar-refractivity contribution in [2.24, 2.45) is 0 Å². The molecule has 1 aromatic rings. The number of rotatable bonds is 4. The van der Waals surface area contributed by atoms with E-state index in [1.54, 1.807) is 6.92 Å². The maximum atomic E-state index is 13.4. The number of esters is 1. The highest BCUT2D eigenvalue weighted by Crippen LogP contribution is 2.22. The Hall–Kier alpha value is -1.85. The Balaban J connectivity index is 2.85. The van der Waals surface area contributed by atoms with Crippen LogP contribution in [-0.4, -0.2) is 18.6 Å². The Morgan fingerprint density at radius 3 is 2.47 bits per heavy atom. The molecule has 3 N–H and O–H groups in total. The minimum absolute atomic E-state index is 0.0191. The number of carbonyl (C=O) groups excluding carboxylic acids is 1. The number of hydrogen-bond donors (Lipinski definition) is 2. The van der Waals surface area contributed by atoms with E-state index in [2.05, 4.69) is 5.32 Å². The first-order chi connectivity index (χ1) is 7.95. The van der Waals surface area contributed by atoms with Crippen molar-refractivity contribution in [3.8, 4) is 0 Å². The second-order valence-electron chi connectivity index (χ2n) is 3.48. The van der Waals surface area contributed by atoms with Gasteiger partial charge in [-0.05, 0) is 26.0 Å². The minimum atomic E-state index is -0.848. The highest BCUT2D eigenvalue weighted by atomic mass is 19.1. The molecule has 0 radical (unpaired) electrons. The fraction of sp³-hybridized carbons (Fsp3) is 0.364. The van der Waals surface area contributed by atoms with Crippen molar-refractivity contribution in [2.75, 3.05) is 17.7 Å². The topological polar surface area (TPSA) is 64.3 Å². The van der Waals surface area contributed by atoms with Crippen molar-refractivity contribution >= 4 is 17.3 Å². The molecule has 17 heavy (non-hydrogen) atoms. The van der Waals surface area contributed by atoms with Crippen LogP contribution in [0.25, 0.3) is 0 Å². The summed E-state index contributed by atoms with van der Waals surface area (Å²) >= 11 is 0. The molecule has 0 saturated carbocycles. The second-order valence-corrected chi connectivity index (χ2v) is 3.48. The molecule has 1 aromatic carbocycles. The van der Waals surface area contributed by atoms with Gasteiger partial charge >= 0.3 is 5.97 Å². The maximum Gasteiger partial charge on any atom is 0.328 e. The van der Waals surface area contributed by atoms with Crippen LogP contribution in [-0.2, 0) is 9.53 Å². The third-order valence-corrected chi connectivity index (χ3v) is 2.07. The number of anilines is 2. The molecule has 0 heterocycles. The van der Waals surface area contributed by atoms with Gasteiger partial charge in [0.05, 0.1) is 6.61 Å². The van der Waals surface area contributed by atoms with E-state index in [-0.39, 0.29) is 18.0 Å². The lowest BCUT2D eigenvalue weighted by molar-refractivity contribution is -0.143. The number of hydrogen-bond acceptors (Lipinski definition) is 4. The first kappa shape index (κ1) is 13.2. The van der Waals surface area contributed by atoms with Gasteiger partial charge in [0.1, 0.15) is 11.7 Å². The molecule has 1 atom stereocenters. The van der Waals surface area contributed by atoms with Crippen molar-refractivity contribution in [1.82, 2.24) is 0 Å². The number of halogens is 2. The van der Waals surface area contributed by atoms with E-state index in [9.17, 15) is 13.6 Å². The summed E-state index contributed by atoms with van der Waals surface area (Å²) in [4.78, 5) is 11.3. The van der Waals surface area contributed by atoms with Crippen LogP contribution in [0.3, 0.4) is 0 Å². The Morgan fingerprint density at radius 2 is 2.00 bits per heavy atom. The zero-order valence-electron chi connectivity index (χ0n) is 9.59. The molecule has 0 bridgehead atoms. The third kappa shape index (κ3) is 3.30. The number of benzene rings is 1. The number of nitrogens with two attached hydrogens (primary N) is 1. The quantitative estimate of drug-likeness (QED) is 0.627. The average Bonchev–Trinajstić information content (AvgIpc) is 2.23. The van der Waals surface area contributed by atoms with Crippen molar-refractivity contribution in [3.63, 3.8) is 0 Å². The van der Waals surface area contributed by atoms with Crippen molar-refractivity contribution < 1.29 is 18.3 Å². The lowest BCUT2D eigenvalue weighted by Gasteiger charge is -2.15. The van der Waals surface area contributed by atoms with Gasteiger partial charge in [0.15, 0.2) is 11.6 Å². The standard InChI is InChI=1S/C11H14F2N2O2/c1-3-17-11(16)6(2)15-10-8(12)4-7(14)5-9(10)13/h4-6,15H,3,14H2,1-2H3. The van der Waals surface area contributed by atoms with Gasteiger partial charge in [-0.2, -0.15) is 0 Å². The van der Waals surface area contributed by atoms with Crippen molar-refractivity contribution in [1.29, 1.82) is 0 Å². The smallest absolute Gasteiger partial charge is 0.328 e. The van der Waals surface area contributed by atoms with Crippen LogP contribution in [0.2, 0.25) is 0 Å². The van der Waals surface area contributed by atoms with E-state index < -0.39 is 23.6 Å². The van der Waals surface area contributed by atoms with Crippen LogP contribution < -0.4 is 11.1 Å². The molecule has 0 fully saturated rings. The van der Waals surface area contributed by atoms with Gasteiger partial charge in [0.2, 0.25) is 0 Å². The predicted molar refractivity (Wildman–Crippen MR) is 60.5 cm³/mol. The Kier molecular flexibility index (Phi) is 4.25. The highest BCUT2D eigenvalue weighted by Gasteiger charge is 2.18. The molecular weight excluding hydrogens is 230 g/mol. The molecule has 0 aromatic heterocycles. The summed E-state index contributed by atoms with van der Waals surface area (Å²) < 4.78 is 31.5. The minimum Gasteiger partial charge on any atom is -0.464 e. The molecule has 0 amide bonds. The summed E-state index contributed by atoms with van der Waals surface area (Å²) in [6.07, 6.45) is 0. The zero-order chi connectivity index (χ0) is 13.0. The summed E-state index contributed by atoms with van der Waals surface area (Å²) in [5.41, 5.74) is 4.86. The molecule has 1 unspecified atom stereocenters. The number of ether oxygens (including phenoxy) is 1. The Labute approximate surface area is 97.8 Å². The molecule has 0 spiro atoms. The lowest BCUT2D eigenvalue weighted by Crippen LogP contribution is -2.29. The van der Waals surface area contributed by atoms with Crippen molar-refractivity contribution in [3.05, 3.63) is 23.8 Å². The van der Waals surface area contributed by atoms with Gasteiger partial charge in [0, 0.05) is 5.69 Å². The van der Waals surface area contributed by atoms with Gasteiger partial charge in [0.25, 0.3) is 0 Å². The van der Waals surface area contributed by atoms with Crippen LogP contribution in [0.4, 0.5) is 20.2 Å². The summed E-state index contributed by atoms with van der Waals surface area (Å²) in [5, 5.41) is 2.41. The van der Waals surface area contributed by atoms with Gasteiger partial charge in [-0.25, -0.2) is 13.6 Å². The first-order valence-corrected chi connectivity index (χ1v) is 5.13. The van der Waals surface area contributed by atoms with Gasteiger partial charge < -0.3 is 15.8 Å². The molecule has 94 valence electrons. The van der Waals surface area contributed by atoms with Crippen LogP contribution >= 0.6 is 0 Å². The number of carbonyl (C=O) groups is 1. The summed E-state index contributed by atoms with van der Waals surface area (Å²) in [5.74, 6) is -2.28. The van der Waals surface area contributed by atoms with E-state index in [1.165, 1.54) is 6.92 Å². The van der Waals surface area contributed by atoms with E-state index in [1.807, 2.05) is 0 Å². The summed E-state index contributed by atoms with van der Waals surface area (Å²) in [7, 11) is 0. The highest BCUT2D eigenvalue weighted by molar-refractivity contribution is 5.79. The average molecular weight is 244 g/mol. The fourth-order valence-corrected chi connectivity index (χ4v) is 1.27. The van der Waals surface area contributed by atoms with E-state index in [0.29, 0.717) is 0 Å². The Morgan fingerprint density at radius 1 is 1.47 bits per heavy atom. The number of nitrogens with one attached hydrogen (secondary N) is 1. The third-order valence-electron chi connectivity index (χ3n) is 2.07. The molecule has 1 rings (SSSR count). The predicted octanol–water partition coefficient (Wildman–Crippen LogP) is 1.91. The molecule has 6 heteroatoms. The molecular formula is C11H14F2N2O2. The zero-order valence-corrected chi connectivity index (χ0v) is 9.59. The van der Waals surface area contributed by atoms with E-state index in [4.69, 9.17) is 10.5 Å². The second kappa shape index (κ2) is 5.47. The molecule has 0 aliphatic heterocycles. The number of nitrogen functional groups attached to an aromatic ring is 1. The van der Waals surface area contributed by atoms with Crippen LogP contribution in [0.1, 0.15) is 13.8 Å². The van der Waals surface area contributed by atoms with E-state index in [0.717, 1.165) is 12.1 Å². The largest absolute Gasteiger partial charge is 0.464 e. The summed E-state index contributed by atoms with van der Waals surface area (Å²) in [6, 6.07) is 1.11. The van der Waals surface area contributed by atoms with Gasteiger partial charge in [-0.15, -0.1) is 0 Å². The molecule has 0 aliphatic rings. The van der Waals surface area contributed by atoms with Crippen LogP contribution in [0, 0.1) is 11.6 Å². The Bertz CT molecular complexity index is 401. The lowest BCUT2D eigenvalue weighted by atomic mass is 10.2. The maximum absolute atomic E-state index is 13.4. The van der Waals surface area contributed by atoms with Crippen molar-refractivity contribution in [2.45, 2.75) is 19.9 Å². The normalized spacial score (nSPS) is 12.0. The molecule has 4 nitrogen and oxygen atoms in total. The first-order valence-electron chi connectivity index (χ1n) is 5.13. The SMILES string of the molecule is CCOC(=O)C(C)Nc1c(F)cc(N)cc1F. The fourth-order valence-electron chi connectivity index (χ4n) is 1.27.